The summed E-state index contributed by atoms with van der Waals surface area (Å²) in [6.07, 6.45) is 1.47. The van der Waals surface area contributed by atoms with Gasteiger partial charge in [0.1, 0.15) is 5.82 Å². The lowest BCUT2D eigenvalue weighted by molar-refractivity contribution is 0.118. The quantitative estimate of drug-likeness (QED) is 0.853. The highest BCUT2D eigenvalue weighted by Crippen LogP contribution is 2.50. The van der Waals surface area contributed by atoms with E-state index in [4.69, 9.17) is 0 Å². The molecule has 2 bridgehead atoms. The summed E-state index contributed by atoms with van der Waals surface area (Å²) < 4.78 is 13.5. The molecule has 1 aromatic rings. The van der Waals surface area contributed by atoms with E-state index in [1.165, 1.54) is 6.07 Å². The number of nitrogens with one attached hydrogen (secondary N) is 1. The van der Waals surface area contributed by atoms with E-state index < -0.39 is 6.10 Å². The lowest BCUT2D eigenvalue weighted by Crippen LogP contribution is -2.40. The van der Waals surface area contributed by atoms with Crippen LogP contribution in [0.4, 0.5) is 4.39 Å². The van der Waals surface area contributed by atoms with Crippen molar-refractivity contribution in [1.29, 1.82) is 0 Å². The summed E-state index contributed by atoms with van der Waals surface area (Å²) >= 11 is 0. The third-order valence-corrected chi connectivity index (χ3v) is 4.01. The number of benzene rings is 1. The Kier molecular flexibility index (Phi) is 3.19. The van der Waals surface area contributed by atoms with Crippen molar-refractivity contribution in [2.24, 2.45) is 5.92 Å². The highest BCUT2D eigenvalue weighted by molar-refractivity contribution is 5.85. The monoisotopic (exact) mass is 257 g/mol. The minimum absolute atomic E-state index is 0. The van der Waals surface area contributed by atoms with Crippen molar-refractivity contribution in [3.05, 3.63) is 35.6 Å². The molecule has 3 aliphatic rings. The fourth-order valence-electron chi connectivity index (χ4n) is 3.23. The SMILES string of the molecule is CC12CC(C1)C([C@@H](O)c1ccccc1F)N2.Cl. The molecular formula is C13H17ClFNO. The molecule has 2 N–H and O–H groups in total. The summed E-state index contributed by atoms with van der Waals surface area (Å²) in [5.41, 5.74) is 0.595. The van der Waals surface area contributed by atoms with Crippen LogP contribution in [0.2, 0.25) is 0 Å². The molecule has 2 saturated heterocycles. The van der Waals surface area contributed by atoms with Crippen molar-refractivity contribution in [2.75, 3.05) is 0 Å². The normalized spacial score (nSPS) is 35.9. The molecule has 1 aliphatic carbocycles. The van der Waals surface area contributed by atoms with Crippen molar-refractivity contribution in [3.63, 3.8) is 0 Å². The molecule has 2 atom stereocenters. The Labute approximate surface area is 107 Å². The van der Waals surface area contributed by atoms with Crippen molar-refractivity contribution in [3.8, 4) is 0 Å². The molecule has 2 heterocycles. The van der Waals surface area contributed by atoms with Gasteiger partial charge in [-0.3, -0.25) is 0 Å². The molecule has 17 heavy (non-hydrogen) atoms. The van der Waals surface area contributed by atoms with Gasteiger partial charge in [-0.1, -0.05) is 18.2 Å². The molecule has 2 nitrogen and oxygen atoms in total. The van der Waals surface area contributed by atoms with Crippen molar-refractivity contribution < 1.29 is 9.50 Å². The Bertz CT molecular complexity index is 420. The maximum atomic E-state index is 13.5. The number of hydrogen-bond donors (Lipinski definition) is 2. The van der Waals surface area contributed by atoms with E-state index >= 15 is 0 Å². The van der Waals surface area contributed by atoms with E-state index in [0.29, 0.717) is 11.5 Å². The summed E-state index contributed by atoms with van der Waals surface area (Å²) in [4.78, 5) is 0. The summed E-state index contributed by atoms with van der Waals surface area (Å²) in [6.45, 7) is 2.16. The van der Waals surface area contributed by atoms with Crippen LogP contribution < -0.4 is 5.32 Å². The minimum atomic E-state index is -0.726. The lowest BCUT2D eigenvalue weighted by Gasteiger charge is -2.33. The van der Waals surface area contributed by atoms with Gasteiger partial charge in [-0.2, -0.15) is 0 Å². The number of aliphatic hydroxyl groups excluding tert-OH is 1. The molecule has 4 heteroatoms. The largest absolute Gasteiger partial charge is 0.387 e. The highest BCUT2D eigenvalue weighted by atomic mass is 35.5. The van der Waals surface area contributed by atoms with Gasteiger partial charge in [0.05, 0.1) is 6.10 Å². The average molecular weight is 258 g/mol. The first-order chi connectivity index (χ1) is 7.59. The number of hydrogen-bond acceptors (Lipinski definition) is 2. The number of halogens is 2. The predicted octanol–water partition coefficient (Wildman–Crippen LogP) is 2.42. The zero-order valence-electron chi connectivity index (χ0n) is 9.69. The molecule has 4 rings (SSSR count). The smallest absolute Gasteiger partial charge is 0.129 e. The first kappa shape index (κ1) is 12.8. The van der Waals surface area contributed by atoms with Gasteiger partial charge in [0.25, 0.3) is 0 Å². The highest BCUT2D eigenvalue weighted by Gasteiger charge is 2.54. The molecule has 1 aromatic carbocycles. The average Bonchev–Trinajstić information content (AvgIpc) is 2.71. The van der Waals surface area contributed by atoms with E-state index in [9.17, 15) is 9.50 Å². The molecule has 94 valence electrons. The van der Waals surface area contributed by atoms with Gasteiger partial charge >= 0.3 is 0 Å². The second-order valence-corrected chi connectivity index (χ2v) is 5.37. The van der Waals surface area contributed by atoms with Crippen LogP contribution in [-0.2, 0) is 0 Å². The van der Waals surface area contributed by atoms with Crippen molar-refractivity contribution in [2.45, 2.75) is 37.5 Å². The Balaban J connectivity index is 0.00000108. The molecule has 2 aliphatic heterocycles. The van der Waals surface area contributed by atoms with E-state index in [1.807, 2.05) is 0 Å². The molecule has 0 aromatic heterocycles. The maximum absolute atomic E-state index is 13.5. The standard InChI is InChI=1S/C13H16FNO.ClH/c1-13-6-8(7-13)11(15-13)12(16)9-4-2-3-5-10(9)14;/h2-5,8,11-12,15-16H,6-7H2,1H3;1H/t8?,11?,12-,13?;/m0./s1. The predicted molar refractivity (Wildman–Crippen MR) is 66.7 cm³/mol. The van der Waals surface area contributed by atoms with Crippen LogP contribution in [0.15, 0.2) is 24.3 Å². The van der Waals surface area contributed by atoms with Gasteiger partial charge in [-0.05, 0) is 31.7 Å². The summed E-state index contributed by atoms with van der Waals surface area (Å²) in [7, 11) is 0. The Morgan fingerprint density at radius 1 is 1.41 bits per heavy atom. The Hall–Kier alpha value is -0.640. The molecule has 0 amide bonds. The van der Waals surface area contributed by atoms with Crippen LogP contribution in [0.3, 0.4) is 0 Å². The first-order valence-electron chi connectivity index (χ1n) is 5.79. The van der Waals surface area contributed by atoms with E-state index in [2.05, 4.69) is 12.2 Å². The van der Waals surface area contributed by atoms with Gasteiger partial charge in [0, 0.05) is 17.1 Å². The summed E-state index contributed by atoms with van der Waals surface area (Å²) in [5, 5.41) is 13.6. The fourth-order valence-corrected chi connectivity index (χ4v) is 3.23. The summed E-state index contributed by atoms with van der Waals surface area (Å²) in [5.74, 6) is 0.186. The Morgan fingerprint density at radius 2 is 2.06 bits per heavy atom. The van der Waals surface area contributed by atoms with Crippen LogP contribution in [0.5, 0.6) is 0 Å². The van der Waals surface area contributed by atoms with Gasteiger partial charge in [-0.25, -0.2) is 4.39 Å². The number of fused-ring (bicyclic) bond motifs is 1. The van der Waals surface area contributed by atoms with Crippen LogP contribution in [0.25, 0.3) is 0 Å². The summed E-state index contributed by atoms with van der Waals surface area (Å²) in [6, 6.07) is 6.50. The molecular weight excluding hydrogens is 241 g/mol. The molecule has 1 saturated carbocycles. The molecule has 1 unspecified atom stereocenters. The van der Waals surface area contributed by atoms with E-state index in [1.54, 1.807) is 18.2 Å². The van der Waals surface area contributed by atoms with Crippen molar-refractivity contribution in [1.82, 2.24) is 5.32 Å². The zero-order chi connectivity index (χ0) is 11.3. The molecule has 3 fully saturated rings. The van der Waals surface area contributed by atoms with Crippen LogP contribution in [-0.4, -0.2) is 16.7 Å². The Morgan fingerprint density at radius 3 is 2.59 bits per heavy atom. The number of aliphatic hydroxyl groups is 1. The first-order valence-corrected chi connectivity index (χ1v) is 5.79. The van der Waals surface area contributed by atoms with Gasteiger partial charge < -0.3 is 10.4 Å². The third kappa shape index (κ3) is 1.96. The van der Waals surface area contributed by atoms with Gasteiger partial charge in [-0.15, -0.1) is 12.4 Å². The van der Waals surface area contributed by atoms with E-state index in [0.717, 1.165) is 12.8 Å². The zero-order valence-corrected chi connectivity index (χ0v) is 10.5. The third-order valence-electron chi connectivity index (χ3n) is 4.01. The molecule has 0 spiro atoms. The second-order valence-electron chi connectivity index (χ2n) is 5.37. The topological polar surface area (TPSA) is 32.3 Å². The van der Waals surface area contributed by atoms with Crippen molar-refractivity contribution >= 4 is 12.4 Å². The van der Waals surface area contributed by atoms with Gasteiger partial charge in [0.15, 0.2) is 0 Å². The lowest BCUT2D eigenvalue weighted by atomic mass is 9.72. The number of rotatable bonds is 2. The second kappa shape index (κ2) is 4.23. The minimum Gasteiger partial charge on any atom is -0.387 e. The van der Waals surface area contributed by atoms with E-state index in [-0.39, 0.29) is 29.8 Å². The van der Waals surface area contributed by atoms with Crippen LogP contribution >= 0.6 is 12.4 Å². The van der Waals surface area contributed by atoms with Crippen LogP contribution in [0.1, 0.15) is 31.4 Å². The fraction of sp³-hybridized carbons (Fsp3) is 0.538. The van der Waals surface area contributed by atoms with Gasteiger partial charge in [0.2, 0.25) is 0 Å². The molecule has 0 radical (unpaired) electrons. The maximum Gasteiger partial charge on any atom is 0.129 e. The van der Waals surface area contributed by atoms with Crippen LogP contribution in [0, 0.1) is 11.7 Å².